The molecule has 0 heterocycles. The summed E-state index contributed by atoms with van der Waals surface area (Å²) >= 11 is 0. The highest BCUT2D eigenvalue weighted by atomic mass is 16.5. The van der Waals surface area contributed by atoms with Crippen LogP contribution in [0.1, 0.15) is 48.0 Å². The van der Waals surface area contributed by atoms with Crippen molar-refractivity contribution in [2.24, 2.45) is 5.92 Å². The Balaban J connectivity index is 1.67. The van der Waals surface area contributed by atoms with E-state index in [-0.39, 0.29) is 5.91 Å². The van der Waals surface area contributed by atoms with Crippen LogP contribution in [0.3, 0.4) is 0 Å². The van der Waals surface area contributed by atoms with Gasteiger partial charge in [0.15, 0.2) is 0 Å². The van der Waals surface area contributed by atoms with Gasteiger partial charge in [0.05, 0.1) is 7.11 Å². The van der Waals surface area contributed by atoms with E-state index in [0.29, 0.717) is 18.0 Å². The van der Waals surface area contributed by atoms with Gasteiger partial charge in [0, 0.05) is 43.7 Å². The molecule has 182 valence electrons. The summed E-state index contributed by atoms with van der Waals surface area (Å²) in [6.45, 7) is 0.695. The third-order valence-electron chi connectivity index (χ3n) is 6.79. The molecule has 1 amide bonds. The van der Waals surface area contributed by atoms with E-state index in [1.54, 1.807) is 6.08 Å². The summed E-state index contributed by atoms with van der Waals surface area (Å²) in [4.78, 5) is 29.4. The fraction of sp³-hybridized carbons (Fsp3) is 0.333. The zero-order valence-electron chi connectivity index (χ0n) is 20.9. The topological polar surface area (TPSA) is 49.9 Å². The monoisotopic (exact) mass is 470 g/mol. The second-order valence-corrected chi connectivity index (χ2v) is 9.51. The molecular weight excluding hydrogens is 436 g/mol. The Labute approximate surface area is 208 Å². The van der Waals surface area contributed by atoms with Gasteiger partial charge in [-0.05, 0) is 77.6 Å². The summed E-state index contributed by atoms with van der Waals surface area (Å²) in [6, 6.07) is 20.0. The molecule has 1 aliphatic rings. The van der Waals surface area contributed by atoms with Gasteiger partial charge in [-0.15, -0.1) is 0 Å². The number of rotatable bonds is 7. The van der Waals surface area contributed by atoms with Gasteiger partial charge in [0.2, 0.25) is 0 Å². The molecule has 3 aromatic carbocycles. The lowest BCUT2D eigenvalue weighted by atomic mass is 9.88. The van der Waals surface area contributed by atoms with E-state index in [1.807, 2.05) is 61.5 Å². The molecule has 4 rings (SSSR count). The first-order valence-corrected chi connectivity index (χ1v) is 12.3. The van der Waals surface area contributed by atoms with Crippen LogP contribution in [0.25, 0.3) is 16.8 Å². The molecule has 0 aromatic heterocycles. The van der Waals surface area contributed by atoms with E-state index in [9.17, 15) is 9.59 Å². The highest BCUT2D eigenvalue weighted by molar-refractivity contribution is 6.08. The van der Waals surface area contributed by atoms with Crippen LogP contribution >= 0.6 is 0 Å². The zero-order valence-corrected chi connectivity index (χ0v) is 20.9. The van der Waals surface area contributed by atoms with Gasteiger partial charge in [-0.1, -0.05) is 43.5 Å². The lowest BCUT2D eigenvalue weighted by Gasteiger charge is -2.30. The lowest BCUT2D eigenvalue weighted by molar-refractivity contribution is -0.134. The van der Waals surface area contributed by atoms with Gasteiger partial charge in [0.25, 0.3) is 5.91 Å². The number of benzene rings is 3. The second-order valence-electron chi connectivity index (χ2n) is 9.51. The van der Waals surface area contributed by atoms with Gasteiger partial charge in [-0.3, -0.25) is 4.79 Å². The maximum absolute atomic E-state index is 13.9. The normalized spacial score (nSPS) is 14.3. The summed E-state index contributed by atoms with van der Waals surface area (Å²) in [7, 11) is 5.41. The van der Waals surface area contributed by atoms with Gasteiger partial charge in [0.1, 0.15) is 0 Å². The van der Waals surface area contributed by atoms with Crippen LogP contribution in [-0.4, -0.2) is 39.6 Å². The number of nitrogens with zero attached hydrogens (tertiary/aromatic N) is 2. The maximum atomic E-state index is 13.9. The first kappa shape index (κ1) is 24.5. The van der Waals surface area contributed by atoms with Crippen molar-refractivity contribution in [3.63, 3.8) is 0 Å². The molecule has 0 N–H and O–H groups in total. The predicted molar refractivity (Wildman–Crippen MR) is 144 cm³/mol. The van der Waals surface area contributed by atoms with E-state index in [2.05, 4.69) is 23.1 Å². The fourth-order valence-electron chi connectivity index (χ4n) is 4.76. The Bertz CT molecular complexity index is 1230. The van der Waals surface area contributed by atoms with Crippen molar-refractivity contribution >= 4 is 40.1 Å². The molecule has 0 unspecified atom stereocenters. The van der Waals surface area contributed by atoms with Gasteiger partial charge in [-0.25, -0.2) is 4.79 Å². The summed E-state index contributed by atoms with van der Waals surface area (Å²) in [5, 5.41) is 2.16. The maximum Gasteiger partial charge on any atom is 0.330 e. The average Bonchev–Trinajstić information content (AvgIpc) is 2.90. The molecule has 3 aromatic rings. The smallest absolute Gasteiger partial charge is 0.330 e. The molecule has 5 nitrogen and oxygen atoms in total. The molecule has 0 atom stereocenters. The number of ether oxygens (including phenoxy) is 1. The quantitative estimate of drug-likeness (QED) is 0.300. The molecule has 1 aliphatic carbocycles. The van der Waals surface area contributed by atoms with Crippen molar-refractivity contribution in [3.05, 3.63) is 77.9 Å². The Hall–Kier alpha value is -3.60. The SMILES string of the molecule is COC(=O)/C=C/c1cccc(N(CC2CCCCC2)C(=O)c2ccc3cc(N(C)C)ccc3c2)c1. The van der Waals surface area contributed by atoms with Crippen molar-refractivity contribution in [2.45, 2.75) is 32.1 Å². The van der Waals surface area contributed by atoms with Crippen LogP contribution in [0.4, 0.5) is 11.4 Å². The molecule has 0 radical (unpaired) electrons. The van der Waals surface area contributed by atoms with Crippen LogP contribution in [0.15, 0.2) is 66.7 Å². The minimum absolute atomic E-state index is 0.00302. The number of anilines is 2. The van der Waals surface area contributed by atoms with Crippen LogP contribution in [0, 0.1) is 5.92 Å². The first-order valence-electron chi connectivity index (χ1n) is 12.3. The molecular formula is C30H34N2O3. The minimum Gasteiger partial charge on any atom is -0.466 e. The Morgan fingerprint density at radius 1 is 0.914 bits per heavy atom. The Morgan fingerprint density at radius 3 is 2.40 bits per heavy atom. The Morgan fingerprint density at radius 2 is 1.66 bits per heavy atom. The third kappa shape index (κ3) is 6.10. The number of methoxy groups -OCH3 is 1. The van der Waals surface area contributed by atoms with E-state index in [1.165, 1.54) is 32.4 Å². The minimum atomic E-state index is -0.404. The van der Waals surface area contributed by atoms with Crippen molar-refractivity contribution in [3.8, 4) is 0 Å². The van der Waals surface area contributed by atoms with Gasteiger partial charge >= 0.3 is 5.97 Å². The molecule has 35 heavy (non-hydrogen) atoms. The number of carbonyl (C=O) groups excluding carboxylic acids is 2. The van der Waals surface area contributed by atoms with Crippen molar-refractivity contribution < 1.29 is 14.3 Å². The first-order chi connectivity index (χ1) is 16.9. The number of carbonyl (C=O) groups is 2. The largest absolute Gasteiger partial charge is 0.466 e. The predicted octanol–water partition coefficient (Wildman–Crippen LogP) is 6.32. The standard InChI is InChI=1S/C30H34N2O3/c1-31(2)27-16-15-24-19-26(14-13-25(24)20-27)30(34)32(21-23-8-5-4-6-9-23)28-11-7-10-22(18-28)12-17-29(33)35-3/h7,10-20,23H,4-6,8-9,21H2,1-3H3/b17-12+. The number of amides is 1. The van der Waals surface area contributed by atoms with Crippen LogP contribution < -0.4 is 9.80 Å². The highest BCUT2D eigenvalue weighted by Gasteiger charge is 2.24. The van der Waals surface area contributed by atoms with Crippen LogP contribution in [0.2, 0.25) is 0 Å². The van der Waals surface area contributed by atoms with Gasteiger partial charge in [-0.2, -0.15) is 0 Å². The molecule has 5 heteroatoms. The number of hydrogen-bond acceptors (Lipinski definition) is 4. The van der Waals surface area contributed by atoms with E-state index in [4.69, 9.17) is 4.74 Å². The zero-order chi connectivity index (χ0) is 24.8. The Kier molecular flexibility index (Phi) is 7.86. The molecule has 0 aliphatic heterocycles. The van der Waals surface area contributed by atoms with Crippen molar-refractivity contribution in [1.82, 2.24) is 0 Å². The van der Waals surface area contributed by atoms with E-state index >= 15 is 0 Å². The lowest BCUT2D eigenvalue weighted by Crippen LogP contribution is -2.36. The summed E-state index contributed by atoms with van der Waals surface area (Å²) in [5.74, 6) is 0.0902. The summed E-state index contributed by atoms with van der Waals surface area (Å²) < 4.78 is 4.71. The highest BCUT2D eigenvalue weighted by Crippen LogP contribution is 2.29. The number of hydrogen-bond donors (Lipinski definition) is 0. The number of esters is 1. The fourth-order valence-corrected chi connectivity index (χ4v) is 4.76. The van der Waals surface area contributed by atoms with Crippen molar-refractivity contribution in [2.75, 3.05) is 37.5 Å². The van der Waals surface area contributed by atoms with Crippen LogP contribution in [0.5, 0.6) is 0 Å². The van der Waals surface area contributed by atoms with Crippen molar-refractivity contribution in [1.29, 1.82) is 0 Å². The average molecular weight is 471 g/mol. The van der Waals surface area contributed by atoms with Gasteiger partial charge < -0.3 is 14.5 Å². The molecule has 0 saturated heterocycles. The third-order valence-corrected chi connectivity index (χ3v) is 6.79. The summed E-state index contributed by atoms with van der Waals surface area (Å²) in [5.41, 5.74) is 3.51. The molecule has 0 bridgehead atoms. The van der Waals surface area contributed by atoms with E-state index in [0.717, 1.165) is 40.6 Å². The second kappa shape index (κ2) is 11.2. The molecule has 1 fully saturated rings. The number of fused-ring (bicyclic) bond motifs is 1. The van der Waals surface area contributed by atoms with Crippen LogP contribution in [-0.2, 0) is 9.53 Å². The summed E-state index contributed by atoms with van der Waals surface area (Å²) in [6.07, 6.45) is 9.14. The molecule has 0 spiro atoms. The van der Waals surface area contributed by atoms with E-state index < -0.39 is 5.97 Å². The molecule has 1 saturated carbocycles.